The Bertz CT molecular complexity index is 994. The molecule has 0 atom stereocenters. The van der Waals surface area contributed by atoms with E-state index in [-0.39, 0.29) is 12.5 Å². The Morgan fingerprint density at radius 2 is 1.57 bits per heavy atom. The van der Waals surface area contributed by atoms with E-state index < -0.39 is 5.91 Å². The third-order valence-electron chi connectivity index (χ3n) is 3.73. The molecule has 2 N–H and O–H groups in total. The van der Waals surface area contributed by atoms with Crippen molar-refractivity contribution in [2.45, 2.75) is 0 Å². The van der Waals surface area contributed by atoms with Gasteiger partial charge < -0.3 is 15.4 Å². The van der Waals surface area contributed by atoms with E-state index in [2.05, 4.69) is 10.6 Å². The standard InChI is InChI=1S/C21H16Cl2N2O3/c22-14-10-11-19(17(23)12-14)28-13-20(26)25-18-9-5-4-8-16(18)21(27)24-15-6-2-1-3-7-15/h1-12H,13H2,(H,24,27)(H,25,26). The minimum Gasteiger partial charge on any atom is -0.482 e. The van der Waals surface area contributed by atoms with Crippen molar-refractivity contribution in [2.24, 2.45) is 0 Å². The van der Waals surface area contributed by atoms with Crippen LogP contribution in [0.1, 0.15) is 10.4 Å². The third kappa shape index (κ3) is 5.25. The predicted octanol–water partition coefficient (Wildman–Crippen LogP) is 5.26. The third-order valence-corrected chi connectivity index (χ3v) is 4.26. The van der Waals surface area contributed by atoms with Crippen molar-refractivity contribution in [3.63, 3.8) is 0 Å². The molecule has 0 bridgehead atoms. The second-order valence-electron chi connectivity index (χ2n) is 5.78. The summed E-state index contributed by atoms with van der Waals surface area (Å²) >= 11 is 11.9. The molecule has 0 heterocycles. The van der Waals surface area contributed by atoms with Gasteiger partial charge in [-0.1, -0.05) is 53.5 Å². The Labute approximate surface area is 172 Å². The van der Waals surface area contributed by atoms with Gasteiger partial charge in [0, 0.05) is 10.7 Å². The van der Waals surface area contributed by atoms with Crippen LogP contribution in [0.2, 0.25) is 10.0 Å². The van der Waals surface area contributed by atoms with Crippen LogP contribution in [0.3, 0.4) is 0 Å². The van der Waals surface area contributed by atoms with Gasteiger partial charge >= 0.3 is 0 Å². The number of benzene rings is 3. The molecule has 0 aliphatic heterocycles. The highest BCUT2D eigenvalue weighted by Gasteiger charge is 2.14. The number of halogens is 2. The first-order chi connectivity index (χ1) is 13.5. The number of rotatable bonds is 6. The summed E-state index contributed by atoms with van der Waals surface area (Å²) in [4.78, 5) is 24.8. The molecular weight excluding hydrogens is 399 g/mol. The summed E-state index contributed by atoms with van der Waals surface area (Å²) in [5, 5.41) is 6.26. The maximum Gasteiger partial charge on any atom is 0.262 e. The van der Waals surface area contributed by atoms with Gasteiger partial charge in [0.15, 0.2) is 6.61 Å². The Balaban J connectivity index is 1.65. The fourth-order valence-corrected chi connectivity index (χ4v) is 2.89. The topological polar surface area (TPSA) is 67.4 Å². The van der Waals surface area contributed by atoms with Crippen molar-refractivity contribution in [1.29, 1.82) is 0 Å². The largest absolute Gasteiger partial charge is 0.482 e. The molecule has 28 heavy (non-hydrogen) atoms. The lowest BCUT2D eigenvalue weighted by atomic mass is 10.1. The Morgan fingerprint density at radius 3 is 2.32 bits per heavy atom. The van der Waals surface area contributed by atoms with Crippen LogP contribution in [-0.4, -0.2) is 18.4 Å². The summed E-state index contributed by atoms with van der Waals surface area (Å²) < 4.78 is 5.42. The van der Waals surface area contributed by atoms with Crippen LogP contribution in [0.5, 0.6) is 5.75 Å². The molecule has 7 heteroatoms. The molecule has 0 radical (unpaired) electrons. The molecule has 0 fully saturated rings. The number of nitrogens with one attached hydrogen (secondary N) is 2. The normalized spacial score (nSPS) is 10.2. The predicted molar refractivity (Wildman–Crippen MR) is 111 cm³/mol. The average Bonchev–Trinajstić information content (AvgIpc) is 2.68. The molecule has 0 saturated carbocycles. The molecular formula is C21H16Cl2N2O3. The number of para-hydroxylation sites is 2. The molecule has 0 unspecified atom stereocenters. The maximum absolute atomic E-state index is 12.5. The summed E-state index contributed by atoms with van der Waals surface area (Å²) in [6.07, 6.45) is 0. The fraction of sp³-hybridized carbons (Fsp3) is 0.0476. The number of carbonyl (C=O) groups is 2. The zero-order chi connectivity index (χ0) is 19.9. The van der Waals surface area contributed by atoms with Gasteiger partial charge in [-0.05, 0) is 42.5 Å². The molecule has 3 aromatic rings. The molecule has 3 aromatic carbocycles. The number of hydrogen-bond donors (Lipinski definition) is 2. The quantitative estimate of drug-likeness (QED) is 0.577. The highest BCUT2D eigenvalue weighted by Crippen LogP contribution is 2.27. The van der Waals surface area contributed by atoms with Gasteiger partial charge in [0.25, 0.3) is 11.8 Å². The number of hydrogen-bond acceptors (Lipinski definition) is 3. The lowest BCUT2D eigenvalue weighted by Crippen LogP contribution is -2.22. The van der Waals surface area contributed by atoms with E-state index in [1.807, 2.05) is 18.2 Å². The summed E-state index contributed by atoms with van der Waals surface area (Å²) in [6, 6.07) is 20.5. The molecule has 5 nitrogen and oxygen atoms in total. The summed E-state index contributed by atoms with van der Waals surface area (Å²) in [5.41, 5.74) is 1.38. The first-order valence-electron chi connectivity index (χ1n) is 8.36. The van der Waals surface area contributed by atoms with Gasteiger partial charge in [-0.3, -0.25) is 9.59 Å². The molecule has 0 aromatic heterocycles. The molecule has 0 spiro atoms. The minimum atomic E-state index is -0.425. The van der Waals surface area contributed by atoms with Gasteiger partial charge in [-0.25, -0.2) is 0 Å². The van der Waals surface area contributed by atoms with Gasteiger partial charge in [0.05, 0.1) is 16.3 Å². The minimum absolute atomic E-state index is 0.268. The van der Waals surface area contributed by atoms with Crippen molar-refractivity contribution in [3.8, 4) is 5.75 Å². The van der Waals surface area contributed by atoms with Crippen molar-refractivity contribution in [1.82, 2.24) is 0 Å². The number of carbonyl (C=O) groups excluding carboxylic acids is 2. The Kier molecular flexibility index (Phi) is 6.53. The summed E-state index contributed by atoms with van der Waals surface area (Å²) in [7, 11) is 0. The van der Waals surface area contributed by atoms with Crippen LogP contribution < -0.4 is 15.4 Å². The van der Waals surface area contributed by atoms with Gasteiger partial charge in [0.2, 0.25) is 0 Å². The zero-order valence-electron chi connectivity index (χ0n) is 14.6. The second kappa shape index (κ2) is 9.26. The molecule has 0 saturated heterocycles. The highest BCUT2D eigenvalue weighted by atomic mass is 35.5. The van der Waals surface area contributed by atoms with Crippen LogP contribution in [0, 0.1) is 0 Å². The van der Waals surface area contributed by atoms with E-state index >= 15 is 0 Å². The molecule has 0 aliphatic carbocycles. The smallest absolute Gasteiger partial charge is 0.262 e. The van der Waals surface area contributed by atoms with Crippen LogP contribution in [0.15, 0.2) is 72.8 Å². The number of anilines is 2. The molecule has 2 amide bonds. The van der Waals surface area contributed by atoms with E-state index in [1.54, 1.807) is 48.5 Å². The van der Waals surface area contributed by atoms with Gasteiger partial charge in [-0.2, -0.15) is 0 Å². The van der Waals surface area contributed by atoms with Gasteiger partial charge in [0.1, 0.15) is 5.75 Å². The van der Waals surface area contributed by atoms with E-state index in [9.17, 15) is 9.59 Å². The monoisotopic (exact) mass is 414 g/mol. The summed E-state index contributed by atoms with van der Waals surface area (Å²) in [5.74, 6) is -0.411. The highest BCUT2D eigenvalue weighted by molar-refractivity contribution is 6.35. The first kappa shape index (κ1) is 19.7. The molecule has 142 valence electrons. The Morgan fingerprint density at radius 1 is 0.857 bits per heavy atom. The van der Waals surface area contributed by atoms with Crippen molar-refractivity contribution >= 4 is 46.4 Å². The van der Waals surface area contributed by atoms with Crippen LogP contribution in [0.25, 0.3) is 0 Å². The first-order valence-corrected chi connectivity index (χ1v) is 9.11. The van der Waals surface area contributed by atoms with E-state index in [1.165, 1.54) is 6.07 Å². The fourth-order valence-electron chi connectivity index (χ4n) is 2.43. The SMILES string of the molecule is O=C(COc1ccc(Cl)cc1Cl)Nc1ccccc1C(=O)Nc1ccccc1. The number of amides is 2. The van der Waals surface area contributed by atoms with E-state index in [4.69, 9.17) is 27.9 Å². The second-order valence-corrected chi connectivity index (χ2v) is 6.62. The van der Waals surface area contributed by atoms with Crippen LogP contribution in [0.4, 0.5) is 11.4 Å². The van der Waals surface area contributed by atoms with Crippen LogP contribution >= 0.6 is 23.2 Å². The average molecular weight is 415 g/mol. The number of ether oxygens (including phenoxy) is 1. The molecule has 0 aliphatic rings. The van der Waals surface area contributed by atoms with E-state index in [0.717, 1.165) is 0 Å². The van der Waals surface area contributed by atoms with Gasteiger partial charge in [-0.15, -0.1) is 0 Å². The lowest BCUT2D eigenvalue weighted by Gasteiger charge is -2.12. The molecule has 3 rings (SSSR count). The van der Waals surface area contributed by atoms with Crippen molar-refractivity contribution in [3.05, 3.63) is 88.4 Å². The van der Waals surface area contributed by atoms with Crippen molar-refractivity contribution < 1.29 is 14.3 Å². The maximum atomic E-state index is 12.5. The van der Waals surface area contributed by atoms with Crippen molar-refractivity contribution in [2.75, 3.05) is 17.2 Å². The Hall–Kier alpha value is -3.02. The lowest BCUT2D eigenvalue weighted by molar-refractivity contribution is -0.118. The van der Waals surface area contributed by atoms with E-state index in [0.29, 0.717) is 32.7 Å². The van der Waals surface area contributed by atoms with Crippen LogP contribution in [-0.2, 0) is 4.79 Å². The zero-order valence-corrected chi connectivity index (χ0v) is 16.1. The summed E-state index contributed by atoms with van der Waals surface area (Å²) in [6.45, 7) is -0.268.